The number of hydrogen-bond donors (Lipinski definition) is 5. The minimum atomic E-state index is -1.25. The Morgan fingerprint density at radius 2 is 0.540 bits per heavy atom. The Hall–Kier alpha value is -0.690. The number of aliphatic hydroxyl groups is 4. The van der Waals surface area contributed by atoms with Gasteiger partial charge in [0.1, 0.15) is 12.2 Å². The molecule has 4 unspecified atom stereocenters. The lowest BCUT2D eigenvalue weighted by atomic mass is 9.99. The number of aliphatic hydroxyl groups excluding tert-OH is 4. The van der Waals surface area contributed by atoms with Crippen LogP contribution in [0.15, 0.2) is 0 Å². The Kier molecular flexibility index (Phi) is 51.7. The van der Waals surface area contributed by atoms with Gasteiger partial charge in [0.15, 0.2) is 0 Å². The van der Waals surface area contributed by atoms with Gasteiger partial charge in [-0.2, -0.15) is 0 Å². The van der Waals surface area contributed by atoms with Crippen molar-refractivity contribution in [3.05, 3.63) is 0 Å². The van der Waals surface area contributed by atoms with E-state index in [1.165, 1.54) is 263 Å². The Balaban J connectivity index is 3.45. The van der Waals surface area contributed by atoms with Gasteiger partial charge >= 0.3 is 0 Å². The fraction of sp³-hybridized carbons (Fsp3) is 0.982. The SMILES string of the molecule is CCCCCCCCCCCCCCCCCCCCCCCCCCCCCCCCCCCCCCC(O)C(=O)NC(CO)C(O)C(O)CCCCCCCCCCCCC. The van der Waals surface area contributed by atoms with Gasteiger partial charge in [0.2, 0.25) is 5.91 Å². The summed E-state index contributed by atoms with van der Waals surface area (Å²) in [6, 6.07) is -0.979. The molecule has 0 aliphatic rings. The van der Waals surface area contributed by atoms with Gasteiger partial charge in [-0.1, -0.05) is 316 Å². The van der Waals surface area contributed by atoms with Crippen LogP contribution >= 0.6 is 0 Å². The first-order valence-corrected chi connectivity index (χ1v) is 28.9. The third-order valence-corrected chi connectivity index (χ3v) is 14.1. The minimum Gasteiger partial charge on any atom is -0.394 e. The first-order valence-electron chi connectivity index (χ1n) is 28.9. The van der Waals surface area contributed by atoms with E-state index >= 15 is 0 Å². The summed E-state index contributed by atoms with van der Waals surface area (Å²) in [5, 5.41) is 43.8. The zero-order valence-corrected chi connectivity index (χ0v) is 42.9. The van der Waals surface area contributed by atoms with Crippen LogP contribution in [-0.2, 0) is 4.79 Å². The summed E-state index contributed by atoms with van der Waals surface area (Å²) in [6.45, 7) is 4.07. The summed E-state index contributed by atoms with van der Waals surface area (Å²) < 4.78 is 0. The fourth-order valence-corrected chi connectivity index (χ4v) is 9.53. The van der Waals surface area contributed by atoms with Gasteiger partial charge in [-0.3, -0.25) is 4.79 Å². The molecule has 378 valence electrons. The standard InChI is InChI=1S/C57H115NO5/c1-3-5-7-9-11-13-15-16-17-18-19-20-21-22-23-24-25-26-27-28-29-30-31-32-33-34-35-36-37-38-39-41-43-45-47-49-51-55(61)57(63)58-53(52-59)56(62)54(60)50-48-46-44-42-40-14-12-10-8-6-4-2/h53-56,59-62H,3-52H2,1-2H3,(H,58,63). The van der Waals surface area contributed by atoms with Crippen molar-refractivity contribution in [1.82, 2.24) is 5.32 Å². The lowest BCUT2D eigenvalue weighted by Crippen LogP contribution is -2.53. The molecule has 4 atom stereocenters. The zero-order valence-electron chi connectivity index (χ0n) is 42.9. The molecule has 1 amide bonds. The van der Waals surface area contributed by atoms with Crippen molar-refractivity contribution in [3.8, 4) is 0 Å². The van der Waals surface area contributed by atoms with E-state index in [0.717, 1.165) is 38.5 Å². The zero-order chi connectivity index (χ0) is 45.9. The molecule has 0 fully saturated rings. The van der Waals surface area contributed by atoms with Crippen LogP contribution in [0.25, 0.3) is 0 Å². The number of amides is 1. The number of carbonyl (C=O) groups is 1. The van der Waals surface area contributed by atoms with Crippen molar-refractivity contribution in [3.63, 3.8) is 0 Å². The highest BCUT2D eigenvalue weighted by Gasteiger charge is 2.28. The molecule has 0 heterocycles. The molecule has 0 aromatic rings. The molecule has 0 radical (unpaired) electrons. The molecule has 0 aromatic heterocycles. The predicted molar refractivity (Wildman–Crippen MR) is 275 cm³/mol. The van der Waals surface area contributed by atoms with Crippen LogP contribution in [0, 0.1) is 0 Å². The molecule has 0 saturated heterocycles. The Morgan fingerprint density at radius 3 is 0.762 bits per heavy atom. The molecule has 0 rings (SSSR count). The molecule has 0 spiro atoms. The van der Waals surface area contributed by atoms with Crippen molar-refractivity contribution >= 4 is 5.91 Å². The molecular weight excluding hydrogens is 779 g/mol. The molecule has 63 heavy (non-hydrogen) atoms. The number of unbranched alkanes of at least 4 members (excludes halogenated alkanes) is 45. The molecule has 0 saturated carbocycles. The number of hydrogen-bond acceptors (Lipinski definition) is 5. The van der Waals surface area contributed by atoms with Crippen LogP contribution in [0.5, 0.6) is 0 Å². The summed E-state index contributed by atoms with van der Waals surface area (Å²) in [7, 11) is 0. The van der Waals surface area contributed by atoms with Gasteiger partial charge in [0.05, 0.1) is 18.8 Å². The van der Waals surface area contributed by atoms with Crippen molar-refractivity contribution < 1.29 is 25.2 Å². The lowest BCUT2D eigenvalue weighted by Gasteiger charge is -2.27. The number of nitrogens with one attached hydrogen (secondary N) is 1. The molecule has 0 aromatic carbocycles. The summed E-state index contributed by atoms with van der Waals surface area (Å²) in [6.07, 6.45) is 60.7. The quantitative estimate of drug-likeness (QED) is 0.0391. The van der Waals surface area contributed by atoms with Gasteiger partial charge in [0.25, 0.3) is 0 Å². The second-order valence-electron chi connectivity index (χ2n) is 20.4. The minimum absolute atomic E-state index is 0.376. The third-order valence-electron chi connectivity index (χ3n) is 14.1. The van der Waals surface area contributed by atoms with Crippen molar-refractivity contribution in [2.75, 3.05) is 6.61 Å². The third kappa shape index (κ3) is 46.2. The highest BCUT2D eigenvalue weighted by atomic mass is 16.3. The Labute approximate surface area is 394 Å². The van der Waals surface area contributed by atoms with Gasteiger partial charge in [-0.15, -0.1) is 0 Å². The summed E-state index contributed by atoms with van der Waals surface area (Å²) in [4.78, 5) is 12.5. The van der Waals surface area contributed by atoms with Gasteiger partial charge in [-0.25, -0.2) is 0 Å². The maximum Gasteiger partial charge on any atom is 0.249 e. The van der Waals surface area contributed by atoms with Crippen LogP contribution < -0.4 is 5.32 Å². The normalized spacial score (nSPS) is 13.7. The van der Waals surface area contributed by atoms with Crippen LogP contribution in [0.4, 0.5) is 0 Å². The second-order valence-corrected chi connectivity index (χ2v) is 20.4. The fourth-order valence-electron chi connectivity index (χ4n) is 9.53. The van der Waals surface area contributed by atoms with Gasteiger partial charge in [-0.05, 0) is 12.8 Å². The number of carbonyl (C=O) groups excluding carboxylic acids is 1. The molecule has 5 N–H and O–H groups in total. The molecule has 0 aliphatic carbocycles. The Bertz CT molecular complexity index is 871. The summed E-state index contributed by atoms with van der Waals surface area (Å²) in [5.74, 6) is -0.577. The molecule has 0 aliphatic heterocycles. The summed E-state index contributed by atoms with van der Waals surface area (Å²) in [5.41, 5.74) is 0. The van der Waals surface area contributed by atoms with Gasteiger partial charge < -0.3 is 25.7 Å². The van der Waals surface area contributed by atoms with E-state index in [4.69, 9.17) is 0 Å². The van der Waals surface area contributed by atoms with Crippen molar-refractivity contribution in [2.24, 2.45) is 0 Å². The predicted octanol–water partition coefficient (Wildman–Crippen LogP) is 16.7. The molecule has 0 bridgehead atoms. The van der Waals surface area contributed by atoms with Crippen LogP contribution in [0.2, 0.25) is 0 Å². The largest absolute Gasteiger partial charge is 0.394 e. The van der Waals surface area contributed by atoms with E-state index in [9.17, 15) is 25.2 Å². The van der Waals surface area contributed by atoms with E-state index in [2.05, 4.69) is 19.2 Å². The molecular formula is C57H115NO5. The number of rotatable bonds is 54. The van der Waals surface area contributed by atoms with Crippen LogP contribution in [0.3, 0.4) is 0 Å². The summed E-state index contributed by atoms with van der Waals surface area (Å²) >= 11 is 0. The smallest absolute Gasteiger partial charge is 0.249 e. The first kappa shape index (κ1) is 62.3. The first-order chi connectivity index (χ1) is 31.0. The average Bonchev–Trinajstić information content (AvgIpc) is 3.29. The van der Waals surface area contributed by atoms with Crippen molar-refractivity contribution in [1.29, 1.82) is 0 Å². The van der Waals surface area contributed by atoms with Gasteiger partial charge in [0, 0.05) is 0 Å². The maximum atomic E-state index is 12.5. The topological polar surface area (TPSA) is 110 Å². The van der Waals surface area contributed by atoms with E-state index in [1.807, 2.05) is 0 Å². The lowest BCUT2D eigenvalue weighted by molar-refractivity contribution is -0.132. The molecule has 6 nitrogen and oxygen atoms in total. The highest BCUT2D eigenvalue weighted by Crippen LogP contribution is 2.19. The van der Waals surface area contributed by atoms with Crippen LogP contribution in [0.1, 0.15) is 328 Å². The average molecular weight is 895 g/mol. The van der Waals surface area contributed by atoms with E-state index in [-0.39, 0.29) is 0 Å². The van der Waals surface area contributed by atoms with E-state index in [0.29, 0.717) is 12.8 Å². The van der Waals surface area contributed by atoms with E-state index in [1.54, 1.807) is 0 Å². The maximum absolute atomic E-state index is 12.5. The van der Waals surface area contributed by atoms with Crippen LogP contribution in [-0.4, -0.2) is 57.3 Å². The monoisotopic (exact) mass is 894 g/mol. The highest BCUT2D eigenvalue weighted by molar-refractivity contribution is 5.80. The van der Waals surface area contributed by atoms with E-state index < -0.39 is 36.9 Å². The van der Waals surface area contributed by atoms with Crippen molar-refractivity contribution in [2.45, 2.75) is 353 Å². The molecule has 6 heteroatoms. The second kappa shape index (κ2) is 52.3. The Morgan fingerprint density at radius 1 is 0.333 bits per heavy atom.